The monoisotopic (exact) mass is 482 g/mol. The summed E-state index contributed by atoms with van der Waals surface area (Å²) in [5, 5.41) is 4.40. The Labute approximate surface area is 197 Å². The van der Waals surface area contributed by atoms with Gasteiger partial charge in [-0.25, -0.2) is 34.2 Å². The number of hydrogen-bond acceptors (Lipinski definition) is 9. The largest absolute Gasteiger partial charge is 0.462 e. The third-order valence-electron chi connectivity index (χ3n) is 4.57. The van der Waals surface area contributed by atoms with E-state index in [9.17, 15) is 9.59 Å². The molecule has 0 amide bonds. The average molecular weight is 483 g/mol. The van der Waals surface area contributed by atoms with Crippen LogP contribution in [0, 0.1) is 0 Å². The molecule has 34 heavy (non-hydrogen) atoms. The number of ether oxygens (including phenoxy) is 2. The summed E-state index contributed by atoms with van der Waals surface area (Å²) in [6.07, 6.45) is 9.22. The minimum Gasteiger partial charge on any atom is -0.462 e. The summed E-state index contributed by atoms with van der Waals surface area (Å²) in [7, 11) is 0. The van der Waals surface area contributed by atoms with Gasteiger partial charge >= 0.3 is 11.9 Å². The average Bonchev–Trinajstić information content (AvgIpc) is 3.59. The smallest absolute Gasteiger partial charge is 0.341 e. The minimum absolute atomic E-state index is 0.288. The molecule has 0 saturated heterocycles. The van der Waals surface area contributed by atoms with Crippen molar-refractivity contribution in [3.63, 3.8) is 0 Å². The van der Waals surface area contributed by atoms with Crippen LogP contribution in [-0.4, -0.2) is 64.8 Å². The molecule has 0 atom stereocenters. The van der Waals surface area contributed by atoms with Gasteiger partial charge in [0, 0.05) is 24.8 Å². The van der Waals surface area contributed by atoms with Crippen LogP contribution in [0.15, 0.2) is 43.5 Å². The number of rotatable bonds is 5. The second-order valence-corrected chi connectivity index (χ2v) is 6.96. The third-order valence-corrected chi connectivity index (χ3v) is 4.86. The summed E-state index contributed by atoms with van der Waals surface area (Å²) >= 11 is 5.82. The van der Waals surface area contributed by atoms with Gasteiger partial charge in [-0.05, 0) is 19.9 Å². The number of hydrogen-bond donors (Lipinski definition) is 2. The zero-order chi connectivity index (χ0) is 24.1. The molecule has 0 radical (unpaired) electrons. The van der Waals surface area contributed by atoms with Gasteiger partial charge in [0.15, 0.2) is 11.0 Å². The molecule has 0 aliphatic rings. The summed E-state index contributed by atoms with van der Waals surface area (Å²) in [5.74, 6) is -0.233. The third kappa shape index (κ3) is 4.43. The van der Waals surface area contributed by atoms with E-state index in [1.165, 1.54) is 18.9 Å². The van der Waals surface area contributed by atoms with Crippen molar-refractivity contribution >= 4 is 45.6 Å². The quantitative estimate of drug-likeness (QED) is 0.284. The van der Waals surface area contributed by atoms with E-state index in [4.69, 9.17) is 21.1 Å². The molecular weight excluding hydrogens is 464 g/mol. The Morgan fingerprint density at radius 3 is 2.09 bits per heavy atom. The van der Waals surface area contributed by atoms with E-state index >= 15 is 0 Å². The van der Waals surface area contributed by atoms with Gasteiger partial charge in [0.25, 0.3) is 0 Å². The summed E-state index contributed by atoms with van der Waals surface area (Å²) < 4.78 is 11.5. The maximum absolute atomic E-state index is 11.8. The standard InChI is InChI=1S/C12H11N5O2.C9H8ClN3O2/c1-2-19-12(18)8-6-13-10-9(8)14-7-15-11(10)17-5-3-4-16-17;1-2-15-9(14)5-3-11-7-6(5)12-4-13-8(7)10/h3-7,13H,2H2,1H3;3-4,11H,2H2,1H3. The number of H-pyrrole nitrogens is 2. The van der Waals surface area contributed by atoms with Crippen molar-refractivity contribution in [2.45, 2.75) is 13.8 Å². The topological polar surface area (TPSA) is 154 Å². The maximum atomic E-state index is 11.8. The summed E-state index contributed by atoms with van der Waals surface area (Å²) in [5.41, 5.74) is 2.97. The highest BCUT2D eigenvalue weighted by atomic mass is 35.5. The molecule has 5 heterocycles. The molecule has 0 aromatic carbocycles. The first-order chi connectivity index (χ1) is 16.5. The van der Waals surface area contributed by atoms with Crippen molar-refractivity contribution in [3.8, 4) is 5.82 Å². The molecule has 12 nitrogen and oxygen atoms in total. The highest BCUT2D eigenvalue weighted by Crippen LogP contribution is 2.22. The first-order valence-electron chi connectivity index (χ1n) is 10.2. The summed E-state index contributed by atoms with van der Waals surface area (Å²) in [4.78, 5) is 45.2. The van der Waals surface area contributed by atoms with Crippen LogP contribution in [0.25, 0.3) is 27.9 Å². The highest BCUT2D eigenvalue weighted by Gasteiger charge is 2.18. The fraction of sp³-hybridized carbons (Fsp3) is 0.190. The lowest BCUT2D eigenvalue weighted by Gasteiger charge is -2.02. The molecule has 0 aliphatic heterocycles. The molecule has 2 N–H and O–H groups in total. The highest BCUT2D eigenvalue weighted by molar-refractivity contribution is 6.34. The predicted molar refractivity (Wildman–Crippen MR) is 122 cm³/mol. The van der Waals surface area contributed by atoms with Crippen LogP contribution in [-0.2, 0) is 9.47 Å². The number of carbonyl (C=O) groups is 2. The lowest BCUT2D eigenvalue weighted by atomic mass is 10.3. The van der Waals surface area contributed by atoms with Gasteiger partial charge in [-0.3, -0.25) is 0 Å². The van der Waals surface area contributed by atoms with Gasteiger partial charge in [0.05, 0.1) is 13.2 Å². The Bertz CT molecular complexity index is 1440. The van der Waals surface area contributed by atoms with E-state index in [0.717, 1.165) is 0 Å². The van der Waals surface area contributed by atoms with Crippen LogP contribution in [0.3, 0.4) is 0 Å². The Balaban J connectivity index is 0.000000166. The fourth-order valence-corrected chi connectivity index (χ4v) is 3.32. The molecule has 0 unspecified atom stereocenters. The number of fused-ring (bicyclic) bond motifs is 2. The van der Waals surface area contributed by atoms with Crippen molar-refractivity contribution in [3.05, 3.63) is 59.8 Å². The molecule has 174 valence electrons. The van der Waals surface area contributed by atoms with Gasteiger partial charge in [-0.15, -0.1) is 0 Å². The van der Waals surface area contributed by atoms with E-state index in [-0.39, 0.29) is 5.15 Å². The minimum atomic E-state index is -0.418. The zero-order valence-electron chi connectivity index (χ0n) is 18.1. The zero-order valence-corrected chi connectivity index (χ0v) is 18.9. The van der Waals surface area contributed by atoms with E-state index in [2.05, 4.69) is 35.0 Å². The van der Waals surface area contributed by atoms with Crippen molar-refractivity contribution in [2.75, 3.05) is 13.2 Å². The van der Waals surface area contributed by atoms with Gasteiger partial charge in [0.1, 0.15) is 45.8 Å². The van der Waals surface area contributed by atoms with E-state index in [0.29, 0.717) is 52.2 Å². The van der Waals surface area contributed by atoms with Crippen molar-refractivity contribution in [1.82, 2.24) is 39.7 Å². The second kappa shape index (κ2) is 10.1. The maximum Gasteiger partial charge on any atom is 0.341 e. The molecule has 5 rings (SSSR count). The van der Waals surface area contributed by atoms with Crippen LogP contribution in [0.1, 0.15) is 34.6 Å². The van der Waals surface area contributed by atoms with Crippen molar-refractivity contribution in [1.29, 1.82) is 0 Å². The number of halogens is 1. The van der Waals surface area contributed by atoms with Crippen LogP contribution in [0.5, 0.6) is 0 Å². The molecule has 13 heteroatoms. The number of aromatic nitrogens is 8. The Kier molecular flexibility index (Phi) is 6.78. The molecule has 5 aromatic rings. The van der Waals surface area contributed by atoms with Crippen LogP contribution < -0.4 is 0 Å². The molecule has 0 bridgehead atoms. The van der Waals surface area contributed by atoms with E-state index in [1.54, 1.807) is 43.2 Å². The summed E-state index contributed by atoms with van der Waals surface area (Å²) in [6, 6.07) is 1.79. The lowest BCUT2D eigenvalue weighted by molar-refractivity contribution is 0.0518. The second-order valence-electron chi connectivity index (χ2n) is 6.61. The molecule has 0 fully saturated rings. The number of nitrogens with zero attached hydrogens (tertiary/aromatic N) is 6. The van der Waals surface area contributed by atoms with Gasteiger partial charge < -0.3 is 19.4 Å². The van der Waals surface area contributed by atoms with E-state index < -0.39 is 11.9 Å². The van der Waals surface area contributed by atoms with Gasteiger partial charge in [0.2, 0.25) is 0 Å². The van der Waals surface area contributed by atoms with E-state index in [1.807, 2.05) is 0 Å². The number of aromatic amines is 2. The first kappa shape index (κ1) is 22.9. The van der Waals surface area contributed by atoms with Gasteiger partial charge in [-0.2, -0.15) is 5.10 Å². The van der Waals surface area contributed by atoms with Crippen LogP contribution in [0.2, 0.25) is 5.15 Å². The Hall–Kier alpha value is -4.32. The molecular formula is C21H19ClN8O4. The van der Waals surface area contributed by atoms with Crippen LogP contribution >= 0.6 is 11.6 Å². The number of esters is 2. The molecule has 0 aliphatic carbocycles. The number of carbonyl (C=O) groups excluding carboxylic acids is 2. The normalized spacial score (nSPS) is 10.7. The molecule has 0 saturated carbocycles. The SMILES string of the molecule is CCOC(=O)c1c[nH]c2c(-n3cccn3)ncnc12.CCOC(=O)c1c[nH]c2c(Cl)ncnc12. The van der Waals surface area contributed by atoms with Crippen LogP contribution in [0.4, 0.5) is 0 Å². The van der Waals surface area contributed by atoms with Crippen molar-refractivity contribution in [2.24, 2.45) is 0 Å². The Morgan fingerprint density at radius 1 is 0.912 bits per heavy atom. The lowest BCUT2D eigenvalue weighted by Crippen LogP contribution is -2.05. The number of nitrogens with one attached hydrogen (secondary N) is 2. The molecule has 5 aromatic heterocycles. The van der Waals surface area contributed by atoms with Crippen molar-refractivity contribution < 1.29 is 19.1 Å². The predicted octanol–water partition coefficient (Wildman–Crippen LogP) is 3.11. The summed E-state index contributed by atoms with van der Waals surface area (Å²) in [6.45, 7) is 4.15. The fourth-order valence-electron chi connectivity index (χ4n) is 3.13. The Morgan fingerprint density at radius 2 is 1.50 bits per heavy atom. The first-order valence-corrected chi connectivity index (χ1v) is 10.6. The van der Waals surface area contributed by atoms with Gasteiger partial charge in [-0.1, -0.05) is 11.6 Å². The molecule has 0 spiro atoms.